The standard InChI is InChI=1S/C10H18O4/c1-6(4-8(3)10(13)14)7(2)5-9(11)12/h6-8H,4-5H2,1-3H3,(H,11,12)(H,13,14). The first-order chi connectivity index (χ1) is 6.34. The number of aliphatic carboxylic acids is 2. The molecule has 3 atom stereocenters. The van der Waals surface area contributed by atoms with Crippen LogP contribution in [0, 0.1) is 17.8 Å². The highest BCUT2D eigenvalue weighted by molar-refractivity contribution is 5.69. The van der Waals surface area contributed by atoms with Crippen molar-refractivity contribution in [1.29, 1.82) is 0 Å². The minimum atomic E-state index is -0.827. The third-order valence-electron chi connectivity index (χ3n) is 2.61. The molecule has 0 aliphatic heterocycles. The van der Waals surface area contributed by atoms with Crippen LogP contribution in [-0.2, 0) is 9.59 Å². The molecular formula is C10H18O4. The molecule has 0 bridgehead atoms. The Hall–Kier alpha value is -1.06. The molecule has 3 unspecified atom stereocenters. The number of rotatable bonds is 6. The van der Waals surface area contributed by atoms with E-state index >= 15 is 0 Å². The summed E-state index contributed by atoms with van der Waals surface area (Å²) in [7, 11) is 0. The van der Waals surface area contributed by atoms with Crippen LogP contribution in [0.5, 0.6) is 0 Å². The van der Waals surface area contributed by atoms with Crippen LogP contribution in [0.15, 0.2) is 0 Å². The van der Waals surface area contributed by atoms with Crippen LogP contribution in [0.2, 0.25) is 0 Å². The minimum absolute atomic E-state index is 0.0225. The van der Waals surface area contributed by atoms with Gasteiger partial charge in [-0.3, -0.25) is 9.59 Å². The lowest BCUT2D eigenvalue weighted by Crippen LogP contribution is -2.19. The smallest absolute Gasteiger partial charge is 0.306 e. The summed E-state index contributed by atoms with van der Waals surface area (Å²) in [4.78, 5) is 21.0. The molecule has 0 heterocycles. The van der Waals surface area contributed by atoms with Crippen molar-refractivity contribution < 1.29 is 19.8 Å². The first kappa shape index (κ1) is 12.9. The number of hydrogen-bond donors (Lipinski definition) is 2. The van der Waals surface area contributed by atoms with Gasteiger partial charge in [0.25, 0.3) is 0 Å². The topological polar surface area (TPSA) is 74.6 Å². The van der Waals surface area contributed by atoms with Crippen LogP contribution >= 0.6 is 0 Å². The van der Waals surface area contributed by atoms with Gasteiger partial charge in [-0.1, -0.05) is 20.8 Å². The van der Waals surface area contributed by atoms with Gasteiger partial charge in [0.2, 0.25) is 0 Å². The van der Waals surface area contributed by atoms with Gasteiger partial charge >= 0.3 is 11.9 Å². The lowest BCUT2D eigenvalue weighted by atomic mass is 9.86. The van der Waals surface area contributed by atoms with Gasteiger partial charge in [0, 0.05) is 6.42 Å². The van der Waals surface area contributed by atoms with Crippen LogP contribution in [0.25, 0.3) is 0 Å². The quantitative estimate of drug-likeness (QED) is 0.689. The Bertz CT molecular complexity index is 212. The van der Waals surface area contributed by atoms with Gasteiger partial charge < -0.3 is 10.2 Å². The predicted octanol–water partition coefficient (Wildman–Crippen LogP) is 1.84. The second kappa shape index (κ2) is 5.62. The molecule has 2 N–H and O–H groups in total. The van der Waals surface area contributed by atoms with E-state index in [1.807, 2.05) is 13.8 Å². The van der Waals surface area contributed by atoms with E-state index in [0.29, 0.717) is 6.42 Å². The molecule has 0 aliphatic carbocycles. The van der Waals surface area contributed by atoms with Gasteiger partial charge in [0.15, 0.2) is 0 Å². The number of carboxylic acid groups (broad SMARTS) is 2. The molecule has 0 aromatic rings. The molecule has 4 nitrogen and oxygen atoms in total. The molecule has 0 saturated heterocycles. The minimum Gasteiger partial charge on any atom is -0.481 e. The molecule has 0 aromatic carbocycles. The Morgan fingerprint density at radius 1 is 1.07 bits per heavy atom. The van der Waals surface area contributed by atoms with Crippen molar-refractivity contribution in [1.82, 2.24) is 0 Å². The lowest BCUT2D eigenvalue weighted by Gasteiger charge is -2.19. The molecule has 0 rings (SSSR count). The normalized spacial score (nSPS) is 17.1. The SMILES string of the molecule is CC(CC(C)C(C)CC(=O)O)C(=O)O. The molecule has 0 spiro atoms. The Balaban J connectivity index is 4.00. The van der Waals surface area contributed by atoms with E-state index in [1.165, 1.54) is 0 Å². The summed E-state index contributed by atoms with van der Waals surface area (Å²) in [6, 6.07) is 0. The summed E-state index contributed by atoms with van der Waals surface area (Å²) in [6.45, 7) is 5.38. The van der Waals surface area contributed by atoms with Crippen molar-refractivity contribution >= 4 is 11.9 Å². The third kappa shape index (κ3) is 4.84. The highest BCUT2D eigenvalue weighted by atomic mass is 16.4. The maximum Gasteiger partial charge on any atom is 0.306 e. The molecule has 0 radical (unpaired) electrons. The van der Waals surface area contributed by atoms with E-state index in [4.69, 9.17) is 10.2 Å². The number of carboxylic acids is 2. The molecule has 0 fully saturated rings. The molecule has 0 aliphatic rings. The predicted molar refractivity (Wildman–Crippen MR) is 52.0 cm³/mol. The van der Waals surface area contributed by atoms with E-state index in [-0.39, 0.29) is 18.3 Å². The molecule has 0 saturated carbocycles. The first-order valence-corrected chi connectivity index (χ1v) is 4.79. The van der Waals surface area contributed by atoms with Gasteiger partial charge in [-0.2, -0.15) is 0 Å². The maximum atomic E-state index is 10.6. The Morgan fingerprint density at radius 2 is 1.57 bits per heavy atom. The summed E-state index contributed by atoms with van der Waals surface area (Å²) in [6.07, 6.45) is 0.636. The van der Waals surface area contributed by atoms with Crippen molar-refractivity contribution in [2.45, 2.75) is 33.6 Å². The van der Waals surface area contributed by atoms with E-state index in [1.54, 1.807) is 6.92 Å². The molecular weight excluding hydrogens is 184 g/mol. The summed E-state index contributed by atoms with van der Waals surface area (Å²) in [5.41, 5.74) is 0. The van der Waals surface area contributed by atoms with Crippen LogP contribution < -0.4 is 0 Å². The van der Waals surface area contributed by atoms with Crippen LogP contribution in [0.1, 0.15) is 33.6 Å². The zero-order valence-electron chi connectivity index (χ0n) is 8.86. The Labute approximate surface area is 83.9 Å². The summed E-state index contributed by atoms with van der Waals surface area (Å²) < 4.78 is 0. The summed E-state index contributed by atoms with van der Waals surface area (Å²) >= 11 is 0. The summed E-state index contributed by atoms with van der Waals surface area (Å²) in [5.74, 6) is -1.90. The zero-order chi connectivity index (χ0) is 11.3. The summed E-state index contributed by atoms with van der Waals surface area (Å²) in [5, 5.41) is 17.2. The largest absolute Gasteiger partial charge is 0.481 e. The number of carbonyl (C=O) groups is 2. The van der Waals surface area contributed by atoms with Gasteiger partial charge in [-0.25, -0.2) is 0 Å². The fourth-order valence-electron chi connectivity index (χ4n) is 1.37. The van der Waals surface area contributed by atoms with Crippen molar-refractivity contribution in [3.63, 3.8) is 0 Å². The van der Waals surface area contributed by atoms with E-state index in [9.17, 15) is 9.59 Å². The van der Waals surface area contributed by atoms with Crippen LogP contribution in [0.4, 0.5) is 0 Å². The molecule has 4 heteroatoms. The molecule has 82 valence electrons. The van der Waals surface area contributed by atoms with Crippen LogP contribution in [-0.4, -0.2) is 22.2 Å². The average molecular weight is 202 g/mol. The van der Waals surface area contributed by atoms with Crippen molar-refractivity contribution in [3.05, 3.63) is 0 Å². The maximum absolute atomic E-state index is 10.6. The second-order valence-electron chi connectivity index (χ2n) is 4.03. The third-order valence-corrected chi connectivity index (χ3v) is 2.61. The first-order valence-electron chi connectivity index (χ1n) is 4.79. The fourth-order valence-corrected chi connectivity index (χ4v) is 1.37. The van der Waals surface area contributed by atoms with Gasteiger partial charge in [0.05, 0.1) is 5.92 Å². The van der Waals surface area contributed by atoms with E-state index < -0.39 is 17.9 Å². The van der Waals surface area contributed by atoms with Gasteiger partial charge in [-0.15, -0.1) is 0 Å². The Morgan fingerprint density at radius 3 is 1.93 bits per heavy atom. The van der Waals surface area contributed by atoms with Crippen molar-refractivity contribution in [2.75, 3.05) is 0 Å². The van der Waals surface area contributed by atoms with Gasteiger partial charge in [-0.05, 0) is 18.3 Å². The molecule has 14 heavy (non-hydrogen) atoms. The monoisotopic (exact) mass is 202 g/mol. The van der Waals surface area contributed by atoms with Crippen LogP contribution in [0.3, 0.4) is 0 Å². The molecule has 0 amide bonds. The van der Waals surface area contributed by atoms with Gasteiger partial charge in [0.1, 0.15) is 0 Å². The highest BCUT2D eigenvalue weighted by Gasteiger charge is 2.20. The zero-order valence-corrected chi connectivity index (χ0v) is 8.86. The fraction of sp³-hybridized carbons (Fsp3) is 0.800. The lowest BCUT2D eigenvalue weighted by molar-refractivity contribution is -0.141. The number of hydrogen-bond acceptors (Lipinski definition) is 2. The Kier molecular flexibility index (Phi) is 5.20. The molecule has 0 aromatic heterocycles. The van der Waals surface area contributed by atoms with Crippen molar-refractivity contribution in [2.24, 2.45) is 17.8 Å². The van der Waals surface area contributed by atoms with Crippen molar-refractivity contribution in [3.8, 4) is 0 Å². The van der Waals surface area contributed by atoms with E-state index in [2.05, 4.69) is 0 Å². The average Bonchev–Trinajstić information content (AvgIpc) is 2.02. The van der Waals surface area contributed by atoms with E-state index in [0.717, 1.165) is 0 Å². The second-order valence-corrected chi connectivity index (χ2v) is 4.03. The highest BCUT2D eigenvalue weighted by Crippen LogP contribution is 2.22.